The van der Waals surface area contributed by atoms with Gasteiger partial charge in [-0.3, -0.25) is 11.3 Å². The number of nitrogens with two attached hydrogens (primary N) is 1. The molecule has 3 rings (SSSR count). The van der Waals surface area contributed by atoms with Crippen LogP contribution in [0.15, 0.2) is 18.2 Å². The second-order valence-electron chi connectivity index (χ2n) is 6.12. The monoisotopic (exact) mass is 244 g/mol. The molecular formula is C16H24N2. The average molecular weight is 244 g/mol. The van der Waals surface area contributed by atoms with Gasteiger partial charge in [0.05, 0.1) is 0 Å². The quantitative estimate of drug-likeness (QED) is 0.633. The summed E-state index contributed by atoms with van der Waals surface area (Å²) in [6.07, 6.45) is 5.67. The lowest BCUT2D eigenvalue weighted by molar-refractivity contribution is 0.454. The van der Waals surface area contributed by atoms with Crippen molar-refractivity contribution in [3.8, 4) is 0 Å². The average Bonchev–Trinajstić information content (AvgIpc) is 3.10. The predicted octanol–water partition coefficient (Wildman–Crippen LogP) is 3.24. The molecule has 2 saturated carbocycles. The van der Waals surface area contributed by atoms with Crippen molar-refractivity contribution in [1.82, 2.24) is 5.43 Å². The minimum atomic E-state index is 0.359. The lowest BCUT2D eigenvalue weighted by Crippen LogP contribution is -2.31. The molecule has 3 N–H and O–H groups in total. The molecule has 2 fully saturated rings. The van der Waals surface area contributed by atoms with E-state index in [0.717, 1.165) is 17.8 Å². The molecule has 1 aromatic carbocycles. The predicted molar refractivity (Wildman–Crippen MR) is 74.9 cm³/mol. The summed E-state index contributed by atoms with van der Waals surface area (Å²) in [5.41, 5.74) is 7.30. The standard InChI is InChI=1S/C16H24N2/c1-10-6-5-9-12(11(10)2)16(18-17)15-13-7-3-4-8-14(13)15/h5-6,9,13-16,18H,3-4,7-8,17H2,1-2H3. The molecular weight excluding hydrogens is 220 g/mol. The third-order valence-electron chi connectivity index (χ3n) is 5.27. The summed E-state index contributed by atoms with van der Waals surface area (Å²) in [6.45, 7) is 4.41. The molecule has 0 amide bonds. The summed E-state index contributed by atoms with van der Waals surface area (Å²) in [5, 5.41) is 0. The van der Waals surface area contributed by atoms with E-state index in [0.29, 0.717) is 6.04 Å². The van der Waals surface area contributed by atoms with Crippen LogP contribution in [0.3, 0.4) is 0 Å². The Morgan fingerprint density at radius 2 is 1.83 bits per heavy atom. The van der Waals surface area contributed by atoms with Crippen molar-refractivity contribution in [2.24, 2.45) is 23.6 Å². The maximum atomic E-state index is 5.87. The van der Waals surface area contributed by atoms with Gasteiger partial charge in [-0.15, -0.1) is 0 Å². The first-order valence-electron chi connectivity index (χ1n) is 7.26. The number of hydrazine groups is 1. The van der Waals surface area contributed by atoms with Crippen molar-refractivity contribution in [1.29, 1.82) is 0 Å². The lowest BCUT2D eigenvalue weighted by Gasteiger charge is -2.20. The smallest absolute Gasteiger partial charge is 0.0496 e. The van der Waals surface area contributed by atoms with E-state index in [1.807, 2.05) is 0 Å². The maximum Gasteiger partial charge on any atom is 0.0496 e. The van der Waals surface area contributed by atoms with E-state index in [2.05, 4.69) is 37.5 Å². The van der Waals surface area contributed by atoms with Crippen molar-refractivity contribution in [2.45, 2.75) is 45.6 Å². The van der Waals surface area contributed by atoms with Gasteiger partial charge < -0.3 is 0 Å². The third kappa shape index (κ3) is 1.88. The Labute approximate surface area is 110 Å². The Kier molecular flexibility index (Phi) is 3.16. The molecule has 0 aliphatic heterocycles. The number of rotatable bonds is 3. The summed E-state index contributed by atoms with van der Waals surface area (Å²) in [4.78, 5) is 0. The fraction of sp³-hybridized carbons (Fsp3) is 0.625. The highest BCUT2D eigenvalue weighted by atomic mass is 15.2. The molecule has 2 heteroatoms. The summed E-state index contributed by atoms with van der Waals surface area (Å²) >= 11 is 0. The number of hydrogen-bond donors (Lipinski definition) is 2. The van der Waals surface area contributed by atoms with Crippen molar-refractivity contribution in [2.75, 3.05) is 0 Å². The highest BCUT2D eigenvalue weighted by molar-refractivity contribution is 5.36. The molecule has 0 radical (unpaired) electrons. The van der Waals surface area contributed by atoms with E-state index >= 15 is 0 Å². The molecule has 0 bridgehead atoms. The van der Waals surface area contributed by atoms with Crippen LogP contribution in [0, 0.1) is 31.6 Å². The SMILES string of the molecule is Cc1cccc(C(NN)C2C3CCCCC32)c1C. The highest BCUT2D eigenvalue weighted by Gasteiger charge is 2.54. The molecule has 0 spiro atoms. The molecule has 2 nitrogen and oxygen atoms in total. The number of hydrogen-bond acceptors (Lipinski definition) is 2. The third-order valence-corrected chi connectivity index (χ3v) is 5.27. The summed E-state index contributed by atoms with van der Waals surface area (Å²) in [5.74, 6) is 8.51. The Bertz CT molecular complexity index is 429. The summed E-state index contributed by atoms with van der Waals surface area (Å²) in [6, 6.07) is 6.95. The van der Waals surface area contributed by atoms with Gasteiger partial charge >= 0.3 is 0 Å². The van der Waals surface area contributed by atoms with Crippen molar-refractivity contribution < 1.29 is 0 Å². The fourth-order valence-corrected chi connectivity index (χ4v) is 4.06. The molecule has 1 aromatic rings. The van der Waals surface area contributed by atoms with E-state index < -0.39 is 0 Å². The number of aryl methyl sites for hydroxylation is 1. The van der Waals surface area contributed by atoms with Crippen LogP contribution in [0.5, 0.6) is 0 Å². The van der Waals surface area contributed by atoms with Crippen LogP contribution in [0.4, 0.5) is 0 Å². The van der Waals surface area contributed by atoms with Gasteiger partial charge in [-0.1, -0.05) is 31.0 Å². The van der Waals surface area contributed by atoms with Crippen molar-refractivity contribution >= 4 is 0 Å². The minimum absolute atomic E-state index is 0.359. The molecule has 18 heavy (non-hydrogen) atoms. The van der Waals surface area contributed by atoms with Crippen LogP contribution in [0.25, 0.3) is 0 Å². The van der Waals surface area contributed by atoms with E-state index in [1.165, 1.54) is 42.4 Å². The second-order valence-corrected chi connectivity index (χ2v) is 6.12. The Hall–Kier alpha value is -0.860. The molecule has 0 saturated heterocycles. The molecule has 0 heterocycles. The first-order chi connectivity index (χ1) is 8.74. The largest absolute Gasteiger partial charge is 0.271 e. The van der Waals surface area contributed by atoms with Crippen molar-refractivity contribution in [3.63, 3.8) is 0 Å². The van der Waals surface area contributed by atoms with Crippen LogP contribution >= 0.6 is 0 Å². The van der Waals surface area contributed by atoms with Gasteiger partial charge in [-0.05, 0) is 61.1 Å². The van der Waals surface area contributed by atoms with Gasteiger partial charge in [0.2, 0.25) is 0 Å². The molecule has 0 aromatic heterocycles. The Balaban J connectivity index is 1.87. The first-order valence-corrected chi connectivity index (χ1v) is 7.26. The van der Waals surface area contributed by atoms with Crippen LogP contribution in [-0.4, -0.2) is 0 Å². The van der Waals surface area contributed by atoms with E-state index in [1.54, 1.807) is 0 Å². The summed E-state index contributed by atoms with van der Waals surface area (Å²) < 4.78 is 0. The Morgan fingerprint density at radius 1 is 1.17 bits per heavy atom. The highest BCUT2D eigenvalue weighted by Crippen LogP contribution is 2.60. The topological polar surface area (TPSA) is 38.0 Å². The van der Waals surface area contributed by atoms with Gasteiger partial charge in [-0.25, -0.2) is 0 Å². The van der Waals surface area contributed by atoms with Crippen LogP contribution in [-0.2, 0) is 0 Å². The van der Waals surface area contributed by atoms with E-state index in [-0.39, 0.29) is 0 Å². The normalized spacial score (nSPS) is 31.8. The van der Waals surface area contributed by atoms with Gasteiger partial charge in [-0.2, -0.15) is 0 Å². The zero-order valence-electron chi connectivity index (χ0n) is 11.4. The molecule has 2 aliphatic rings. The molecule has 98 valence electrons. The molecule has 3 atom stereocenters. The van der Waals surface area contributed by atoms with Crippen LogP contribution in [0.1, 0.15) is 48.4 Å². The number of nitrogens with one attached hydrogen (secondary N) is 1. The first kappa shape index (κ1) is 12.2. The second kappa shape index (κ2) is 4.67. The van der Waals surface area contributed by atoms with Gasteiger partial charge in [0.1, 0.15) is 0 Å². The zero-order chi connectivity index (χ0) is 12.7. The number of benzene rings is 1. The lowest BCUT2D eigenvalue weighted by atomic mass is 9.93. The van der Waals surface area contributed by atoms with Crippen LogP contribution < -0.4 is 11.3 Å². The van der Waals surface area contributed by atoms with Gasteiger partial charge in [0.25, 0.3) is 0 Å². The van der Waals surface area contributed by atoms with E-state index in [9.17, 15) is 0 Å². The van der Waals surface area contributed by atoms with Crippen LogP contribution in [0.2, 0.25) is 0 Å². The number of fused-ring (bicyclic) bond motifs is 1. The fourth-order valence-electron chi connectivity index (χ4n) is 4.06. The Morgan fingerprint density at radius 3 is 2.44 bits per heavy atom. The van der Waals surface area contributed by atoms with Gasteiger partial charge in [0, 0.05) is 6.04 Å². The zero-order valence-corrected chi connectivity index (χ0v) is 11.4. The van der Waals surface area contributed by atoms with Crippen molar-refractivity contribution in [3.05, 3.63) is 34.9 Å². The minimum Gasteiger partial charge on any atom is -0.271 e. The molecule has 2 aliphatic carbocycles. The van der Waals surface area contributed by atoms with Gasteiger partial charge in [0.15, 0.2) is 0 Å². The molecule has 3 unspecified atom stereocenters. The maximum absolute atomic E-state index is 5.87. The summed E-state index contributed by atoms with van der Waals surface area (Å²) in [7, 11) is 0. The van der Waals surface area contributed by atoms with E-state index in [4.69, 9.17) is 5.84 Å².